The summed E-state index contributed by atoms with van der Waals surface area (Å²) >= 11 is 0. The number of aryl methyl sites for hydroxylation is 1. The molecule has 0 unspecified atom stereocenters. The number of carbonyl (C=O) groups excluding carboxylic acids is 2. The molecule has 0 spiro atoms. The van der Waals surface area contributed by atoms with Crippen LogP contribution in [0.15, 0.2) is 36.4 Å². The third-order valence-corrected chi connectivity index (χ3v) is 4.24. The van der Waals surface area contributed by atoms with Gasteiger partial charge < -0.3 is 15.1 Å². The smallest absolute Gasteiger partial charge is 0.276 e. The van der Waals surface area contributed by atoms with Gasteiger partial charge in [0.1, 0.15) is 0 Å². The molecule has 2 heterocycles. The van der Waals surface area contributed by atoms with E-state index in [4.69, 9.17) is 0 Å². The van der Waals surface area contributed by atoms with Crippen LogP contribution in [0.25, 0.3) is 0 Å². The molecular formula is C18H21N5O2. The molecule has 1 fully saturated rings. The Bertz CT molecular complexity index is 750. The van der Waals surface area contributed by atoms with Crippen molar-refractivity contribution in [2.45, 2.75) is 13.8 Å². The Hall–Kier alpha value is -2.96. The van der Waals surface area contributed by atoms with Gasteiger partial charge in [-0.05, 0) is 31.2 Å². The molecule has 2 aromatic rings. The number of anilines is 2. The van der Waals surface area contributed by atoms with E-state index < -0.39 is 0 Å². The van der Waals surface area contributed by atoms with Gasteiger partial charge in [-0.15, -0.1) is 10.2 Å². The van der Waals surface area contributed by atoms with Gasteiger partial charge in [-0.2, -0.15) is 0 Å². The minimum atomic E-state index is -0.288. The number of hydrogen-bond donors (Lipinski definition) is 1. The van der Waals surface area contributed by atoms with Crippen molar-refractivity contribution in [2.24, 2.45) is 0 Å². The van der Waals surface area contributed by atoms with Crippen LogP contribution in [-0.4, -0.2) is 53.1 Å². The molecule has 0 saturated carbocycles. The highest BCUT2D eigenvalue weighted by atomic mass is 16.2. The van der Waals surface area contributed by atoms with E-state index in [-0.39, 0.29) is 17.5 Å². The molecule has 130 valence electrons. The predicted molar refractivity (Wildman–Crippen MR) is 95.6 cm³/mol. The number of hydrogen-bond acceptors (Lipinski definition) is 5. The van der Waals surface area contributed by atoms with Crippen molar-refractivity contribution in [1.29, 1.82) is 0 Å². The second-order valence-electron chi connectivity index (χ2n) is 6.09. The van der Waals surface area contributed by atoms with E-state index in [1.54, 1.807) is 19.1 Å². The molecule has 1 aromatic carbocycles. The SMILES string of the molecule is CC(=O)N1CCN(c2ccc(C(=O)Nc3ccc(C)cc3)nn2)CC1. The van der Waals surface area contributed by atoms with Crippen LogP contribution < -0.4 is 10.2 Å². The molecule has 1 saturated heterocycles. The molecule has 2 amide bonds. The van der Waals surface area contributed by atoms with Gasteiger partial charge in [0.2, 0.25) is 5.91 Å². The first-order chi connectivity index (χ1) is 12.0. The first-order valence-corrected chi connectivity index (χ1v) is 8.25. The van der Waals surface area contributed by atoms with E-state index in [0.717, 1.165) is 17.1 Å². The van der Waals surface area contributed by atoms with Gasteiger partial charge in [-0.25, -0.2) is 0 Å². The molecule has 25 heavy (non-hydrogen) atoms. The fourth-order valence-corrected chi connectivity index (χ4v) is 2.70. The van der Waals surface area contributed by atoms with Gasteiger partial charge in [0.25, 0.3) is 5.91 Å². The van der Waals surface area contributed by atoms with E-state index in [1.807, 2.05) is 36.1 Å². The number of amides is 2. The Labute approximate surface area is 146 Å². The zero-order valence-electron chi connectivity index (χ0n) is 14.4. The van der Waals surface area contributed by atoms with Crippen LogP contribution in [-0.2, 0) is 4.79 Å². The Morgan fingerprint density at radius 3 is 2.20 bits per heavy atom. The maximum Gasteiger partial charge on any atom is 0.276 e. The highest BCUT2D eigenvalue weighted by Crippen LogP contribution is 2.14. The van der Waals surface area contributed by atoms with Crippen molar-refractivity contribution in [3.8, 4) is 0 Å². The Kier molecular flexibility index (Phi) is 4.92. The normalized spacial score (nSPS) is 14.3. The van der Waals surface area contributed by atoms with Gasteiger partial charge in [0.15, 0.2) is 11.5 Å². The van der Waals surface area contributed by atoms with Crippen molar-refractivity contribution in [1.82, 2.24) is 15.1 Å². The summed E-state index contributed by atoms with van der Waals surface area (Å²) in [6.45, 7) is 6.34. The minimum Gasteiger partial charge on any atom is -0.352 e. The van der Waals surface area contributed by atoms with Crippen LogP contribution in [0.4, 0.5) is 11.5 Å². The van der Waals surface area contributed by atoms with E-state index in [9.17, 15) is 9.59 Å². The molecular weight excluding hydrogens is 318 g/mol. The summed E-state index contributed by atoms with van der Waals surface area (Å²) < 4.78 is 0. The average molecular weight is 339 g/mol. The molecule has 1 aromatic heterocycles. The lowest BCUT2D eigenvalue weighted by Gasteiger charge is -2.34. The minimum absolute atomic E-state index is 0.0915. The Morgan fingerprint density at radius 1 is 0.960 bits per heavy atom. The number of aromatic nitrogens is 2. The lowest BCUT2D eigenvalue weighted by atomic mass is 10.2. The second-order valence-corrected chi connectivity index (χ2v) is 6.09. The lowest BCUT2D eigenvalue weighted by Crippen LogP contribution is -2.48. The van der Waals surface area contributed by atoms with Gasteiger partial charge in [-0.1, -0.05) is 17.7 Å². The number of nitrogens with zero attached hydrogens (tertiary/aromatic N) is 4. The molecule has 0 aliphatic carbocycles. The fourth-order valence-electron chi connectivity index (χ4n) is 2.70. The van der Waals surface area contributed by atoms with E-state index in [2.05, 4.69) is 20.4 Å². The standard InChI is InChI=1S/C18H21N5O2/c1-13-3-5-15(6-4-13)19-18(25)16-7-8-17(21-20-16)23-11-9-22(10-12-23)14(2)24/h3-8H,9-12H2,1-2H3,(H,19,25). The second kappa shape index (κ2) is 7.29. The third kappa shape index (κ3) is 4.12. The van der Waals surface area contributed by atoms with Gasteiger partial charge >= 0.3 is 0 Å². The first-order valence-electron chi connectivity index (χ1n) is 8.25. The van der Waals surface area contributed by atoms with Crippen LogP contribution >= 0.6 is 0 Å². The number of piperazine rings is 1. The fraction of sp³-hybridized carbons (Fsp3) is 0.333. The highest BCUT2D eigenvalue weighted by Gasteiger charge is 2.20. The number of carbonyl (C=O) groups is 2. The van der Waals surface area contributed by atoms with Gasteiger partial charge in [-0.3, -0.25) is 9.59 Å². The highest BCUT2D eigenvalue weighted by molar-refractivity contribution is 6.02. The lowest BCUT2D eigenvalue weighted by molar-refractivity contribution is -0.129. The summed E-state index contributed by atoms with van der Waals surface area (Å²) in [7, 11) is 0. The van der Waals surface area contributed by atoms with Crippen LogP contribution in [0.2, 0.25) is 0 Å². The molecule has 1 aliphatic heterocycles. The Balaban J connectivity index is 1.61. The summed E-state index contributed by atoms with van der Waals surface area (Å²) in [6.07, 6.45) is 0. The molecule has 0 atom stereocenters. The molecule has 7 heteroatoms. The van der Waals surface area contributed by atoms with E-state index >= 15 is 0 Å². The third-order valence-electron chi connectivity index (χ3n) is 4.24. The number of rotatable bonds is 3. The van der Waals surface area contributed by atoms with Crippen LogP contribution in [0, 0.1) is 6.92 Å². The van der Waals surface area contributed by atoms with Crippen molar-refractivity contribution in [3.05, 3.63) is 47.7 Å². The van der Waals surface area contributed by atoms with Gasteiger partial charge in [0.05, 0.1) is 0 Å². The molecule has 0 radical (unpaired) electrons. The van der Waals surface area contributed by atoms with Crippen LogP contribution in [0.3, 0.4) is 0 Å². The van der Waals surface area contributed by atoms with E-state index in [0.29, 0.717) is 26.2 Å². The molecule has 1 N–H and O–H groups in total. The molecule has 7 nitrogen and oxygen atoms in total. The summed E-state index contributed by atoms with van der Waals surface area (Å²) in [5.41, 5.74) is 2.13. The molecule has 0 bridgehead atoms. The van der Waals surface area contributed by atoms with E-state index in [1.165, 1.54) is 0 Å². The Morgan fingerprint density at radius 2 is 1.64 bits per heavy atom. The predicted octanol–water partition coefficient (Wildman–Crippen LogP) is 1.71. The average Bonchev–Trinajstić information content (AvgIpc) is 2.64. The number of benzene rings is 1. The maximum absolute atomic E-state index is 12.2. The van der Waals surface area contributed by atoms with Crippen molar-refractivity contribution < 1.29 is 9.59 Å². The van der Waals surface area contributed by atoms with Crippen molar-refractivity contribution >= 4 is 23.3 Å². The summed E-state index contributed by atoms with van der Waals surface area (Å²) in [5, 5.41) is 11.0. The van der Waals surface area contributed by atoms with Crippen molar-refractivity contribution in [2.75, 3.05) is 36.4 Å². The molecule has 3 rings (SSSR count). The van der Waals surface area contributed by atoms with Crippen LogP contribution in [0.5, 0.6) is 0 Å². The monoisotopic (exact) mass is 339 g/mol. The maximum atomic E-state index is 12.2. The first kappa shape index (κ1) is 16.9. The zero-order chi connectivity index (χ0) is 17.8. The quantitative estimate of drug-likeness (QED) is 0.921. The van der Waals surface area contributed by atoms with Crippen LogP contribution in [0.1, 0.15) is 23.0 Å². The van der Waals surface area contributed by atoms with Crippen molar-refractivity contribution in [3.63, 3.8) is 0 Å². The summed E-state index contributed by atoms with van der Waals surface area (Å²) in [4.78, 5) is 27.5. The number of nitrogens with one attached hydrogen (secondary N) is 1. The largest absolute Gasteiger partial charge is 0.352 e. The topological polar surface area (TPSA) is 78.4 Å². The zero-order valence-corrected chi connectivity index (χ0v) is 14.4. The van der Waals surface area contributed by atoms with Gasteiger partial charge in [0, 0.05) is 38.8 Å². The summed E-state index contributed by atoms with van der Waals surface area (Å²) in [6, 6.07) is 11.0. The summed E-state index contributed by atoms with van der Waals surface area (Å²) in [5.74, 6) is 0.522. The molecule has 1 aliphatic rings.